The van der Waals surface area contributed by atoms with Gasteiger partial charge < -0.3 is 15.4 Å². The number of methoxy groups -OCH3 is 1. The van der Waals surface area contributed by atoms with E-state index in [4.69, 9.17) is 0 Å². The third-order valence-electron chi connectivity index (χ3n) is 3.17. The van der Waals surface area contributed by atoms with Crippen molar-refractivity contribution >= 4 is 24.3 Å². The maximum atomic E-state index is 11.6. The summed E-state index contributed by atoms with van der Waals surface area (Å²) in [6.45, 7) is 3.73. The van der Waals surface area contributed by atoms with E-state index in [1.54, 1.807) is 6.92 Å². The predicted octanol–water partition coefficient (Wildman–Crippen LogP) is 0.866. The summed E-state index contributed by atoms with van der Waals surface area (Å²) in [5, 5.41) is 5.94. The lowest BCUT2D eigenvalue weighted by atomic mass is 9.93. The lowest BCUT2D eigenvalue weighted by Gasteiger charge is -2.22. The van der Waals surface area contributed by atoms with Crippen LogP contribution in [0.4, 0.5) is 0 Å². The number of carbonyl (C=O) groups excluding carboxylic acids is 2. The smallest absolute Gasteiger partial charge is 0.328 e. The van der Waals surface area contributed by atoms with E-state index >= 15 is 0 Å². The number of ether oxygens (including phenoxy) is 1. The Morgan fingerprint density at radius 3 is 2.56 bits per heavy atom. The molecule has 1 aliphatic rings. The largest absolute Gasteiger partial charge is 0.467 e. The zero-order valence-corrected chi connectivity index (χ0v) is 11.8. The molecule has 0 unspecified atom stereocenters. The molecule has 2 N–H and O–H groups in total. The summed E-state index contributed by atoms with van der Waals surface area (Å²) in [7, 11) is 1.32. The van der Waals surface area contributed by atoms with Crippen LogP contribution < -0.4 is 10.6 Å². The van der Waals surface area contributed by atoms with Gasteiger partial charge in [0.1, 0.15) is 6.04 Å². The van der Waals surface area contributed by atoms with E-state index in [2.05, 4.69) is 15.4 Å². The topological polar surface area (TPSA) is 67.4 Å². The van der Waals surface area contributed by atoms with Gasteiger partial charge in [0.05, 0.1) is 7.11 Å². The van der Waals surface area contributed by atoms with E-state index in [1.165, 1.54) is 7.11 Å². The molecule has 5 nitrogen and oxygen atoms in total. The Hall–Kier alpha value is -0.810. The maximum Gasteiger partial charge on any atom is 0.328 e. The Balaban J connectivity index is 0.00000289. The highest BCUT2D eigenvalue weighted by Crippen LogP contribution is 2.17. The molecule has 0 aromatic heterocycles. The van der Waals surface area contributed by atoms with Crippen LogP contribution in [0.5, 0.6) is 0 Å². The standard InChI is InChI=1S/C12H22N2O3.ClH/c1-9(12(16)17-2)14-11(15)4-3-10-5-7-13-8-6-10;/h9-10,13H,3-8H2,1-2H3,(H,14,15);1H/t9-;/m0./s1. The van der Waals surface area contributed by atoms with E-state index in [0.29, 0.717) is 12.3 Å². The van der Waals surface area contributed by atoms with Crippen molar-refractivity contribution in [3.8, 4) is 0 Å². The van der Waals surface area contributed by atoms with E-state index in [1.807, 2.05) is 0 Å². The van der Waals surface area contributed by atoms with Crippen molar-refractivity contribution in [2.75, 3.05) is 20.2 Å². The third-order valence-corrected chi connectivity index (χ3v) is 3.17. The van der Waals surface area contributed by atoms with Crippen molar-refractivity contribution in [2.24, 2.45) is 5.92 Å². The normalized spacial score (nSPS) is 17.4. The Bertz CT molecular complexity index is 268. The van der Waals surface area contributed by atoms with Crippen LogP contribution in [0.1, 0.15) is 32.6 Å². The molecule has 1 amide bonds. The molecule has 0 spiro atoms. The molecule has 6 heteroatoms. The molecule has 0 aliphatic carbocycles. The van der Waals surface area contributed by atoms with Gasteiger partial charge in [-0.1, -0.05) is 0 Å². The van der Waals surface area contributed by atoms with Crippen LogP contribution in [0.25, 0.3) is 0 Å². The minimum atomic E-state index is -0.555. The van der Waals surface area contributed by atoms with Crippen molar-refractivity contribution in [2.45, 2.75) is 38.6 Å². The molecule has 0 aromatic rings. The molecule has 0 radical (unpaired) electrons. The van der Waals surface area contributed by atoms with Crippen molar-refractivity contribution in [1.82, 2.24) is 10.6 Å². The van der Waals surface area contributed by atoms with E-state index < -0.39 is 12.0 Å². The van der Waals surface area contributed by atoms with Gasteiger partial charge in [-0.15, -0.1) is 12.4 Å². The molecule has 106 valence electrons. The Morgan fingerprint density at radius 1 is 1.39 bits per heavy atom. The van der Waals surface area contributed by atoms with Crippen molar-refractivity contribution in [1.29, 1.82) is 0 Å². The summed E-state index contributed by atoms with van der Waals surface area (Å²) in [5.41, 5.74) is 0. The van der Waals surface area contributed by atoms with Crippen LogP contribution in [0.15, 0.2) is 0 Å². The first-order valence-electron chi connectivity index (χ1n) is 6.21. The molecule has 1 saturated heterocycles. The minimum Gasteiger partial charge on any atom is -0.467 e. The number of esters is 1. The van der Waals surface area contributed by atoms with Crippen LogP contribution in [0.3, 0.4) is 0 Å². The first-order valence-corrected chi connectivity index (χ1v) is 6.21. The van der Waals surface area contributed by atoms with Crippen molar-refractivity contribution < 1.29 is 14.3 Å². The van der Waals surface area contributed by atoms with Crippen LogP contribution >= 0.6 is 12.4 Å². The summed E-state index contributed by atoms with van der Waals surface area (Å²) in [6, 6.07) is -0.555. The second-order valence-corrected chi connectivity index (χ2v) is 4.54. The number of piperidine rings is 1. The Morgan fingerprint density at radius 2 is 2.00 bits per heavy atom. The fourth-order valence-corrected chi connectivity index (χ4v) is 2.05. The summed E-state index contributed by atoms with van der Waals surface area (Å²) in [6.07, 6.45) is 3.67. The fourth-order valence-electron chi connectivity index (χ4n) is 2.05. The Labute approximate surface area is 114 Å². The number of carbonyl (C=O) groups is 2. The van der Waals surface area contributed by atoms with Gasteiger partial charge in [0.25, 0.3) is 0 Å². The molecule has 1 fully saturated rings. The lowest BCUT2D eigenvalue weighted by Crippen LogP contribution is -2.39. The number of nitrogens with one attached hydrogen (secondary N) is 2. The first-order chi connectivity index (χ1) is 8.13. The molecule has 18 heavy (non-hydrogen) atoms. The minimum absolute atomic E-state index is 0. The molecule has 1 heterocycles. The van der Waals surface area contributed by atoms with Gasteiger partial charge in [0.2, 0.25) is 5.91 Å². The predicted molar refractivity (Wildman–Crippen MR) is 71.7 cm³/mol. The van der Waals surface area contributed by atoms with Crippen LogP contribution in [-0.2, 0) is 14.3 Å². The van der Waals surface area contributed by atoms with Gasteiger partial charge >= 0.3 is 5.97 Å². The van der Waals surface area contributed by atoms with Gasteiger partial charge in [-0.05, 0) is 45.2 Å². The summed E-state index contributed by atoms with van der Waals surface area (Å²) in [5.74, 6) is 0.164. The van der Waals surface area contributed by atoms with E-state index in [-0.39, 0.29) is 18.3 Å². The quantitative estimate of drug-likeness (QED) is 0.732. The van der Waals surface area contributed by atoms with Gasteiger partial charge in [-0.3, -0.25) is 4.79 Å². The fraction of sp³-hybridized carbons (Fsp3) is 0.833. The molecular weight excluding hydrogens is 256 g/mol. The molecular formula is C12H23ClN2O3. The highest BCUT2D eigenvalue weighted by molar-refractivity contribution is 5.85. The second kappa shape index (κ2) is 9.16. The van der Waals surface area contributed by atoms with Crippen molar-refractivity contribution in [3.63, 3.8) is 0 Å². The summed E-state index contributed by atoms with van der Waals surface area (Å²) < 4.78 is 4.55. The monoisotopic (exact) mass is 278 g/mol. The molecule has 0 bridgehead atoms. The van der Waals surface area contributed by atoms with E-state index in [0.717, 1.165) is 32.4 Å². The maximum absolute atomic E-state index is 11.6. The average Bonchev–Trinajstić information content (AvgIpc) is 2.36. The van der Waals surface area contributed by atoms with Crippen LogP contribution in [-0.4, -0.2) is 38.1 Å². The van der Waals surface area contributed by atoms with Gasteiger partial charge in [0, 0.05) is 6.42 Å². The van der Waals surface area contributed by atoms with Gasteiger partial charge in [0.15, 0.2) is 0 Å². The molecule has 1 aliphatic heterocycles. The number of halogens is 1. The molecule has 0 aromatic carbocycles. The van der Waals surface area contributed by atoms with Crippen LogP contribution in [0, 0.1) is 5.92 Å². The van der Waals surface area contributed by atoms with Crippen LogP contribution in [0.2, 0.25) is 0 Å². The highest BCUT2D eigenvalue weighted by Gasteiger charge is 2.18. The average molecular weight is 279 g/mol. The first kappa shape index (κ1) is 17.2. The number of amides is 1. The number of hydrogen-bond acceptors (Lipinski definition) is 4. The lowest BCUT2D eigenvalue weighted by molar-refractivity contribution is -0.144. The van der Waals surface area contributed by atoms with E-state index in [9.17, 15) is 9.59 Å². The third kappa shape index (κ3) is 6.21. The zero-order valence-electron chi connectivity index (χ0n) is 11.0. The number of rotatable bonds is 5. The SMILES string of the molecule is COC(=O)[C@H](C)NC(=O)CCC1CCNCC1.Cl. The summed E-state index contributed by atoms with van der Waals surface area (Å²) in [4.78, 5) is 22.7. The second-order valence-electron chi connectivity index (χ2n) is 4.54. The Kier molecular flexibility index (Phi) is 8.75. The number of hydrogen-bond donors (Lipinski definition) is 2. The molecule has 1 atom stereocenters. The van der Waals surface area contributed by atoms with Gasteiger partial charge in [-0.2, -0.15) is 0 Å². The van der Waals surface area contributed by atoms with Crippen molar-refractivity contribution in [3.05, 3.63) is 0 Å². The highest BCUT2D eigenvalue weighted by atomic mass is 35.5. The molecule has 1 rings (SSSR count). The zero-order chi connectivity index (χ0) is 12.7. The molecule has 0 saturated carbocycles. The summed E-state index contributed by atoms with van der Waals surface area (Å²) >= 11 is 0. The van der Waals surface area contributed by atoms with Gasteiger partial charge in [-0.25, -0.2) is 4.79 Å².